The molecule has 0 fully saturated rings. The monoisotopic (exact) mass is 661 g/mol. The number of nitrogens with zero attached hydrogens (tertiary/aromatic N) is 2. The Balaban J connectivity index is 1.36. The Hall–Kier alpha value is -6.03. The summed E-state index contributed by atoms with van der Waals surface area (Å²) in [6.45, 7) is -2.96. The fourth-order valence-corrected chi connectivity index (χ4v) is 8.92. The van der Waals surface area contributed by atoms with Crippen molar-refractivity contribution in [2.45, 2.75) is 13.2 Å². The zero-order valence-electron chi connectivity index (χ0n) is 31.9. The van der Waals surface area contributed by atoms with Gasteiger partial charge in [-0.3, -0.25) is 4.57 Å². The van der Waals surface area contributed by atoms with Crippen molar-refractivity contribution >= 4 is 64.1 Å². The minimum atomic E-state index is -2.96. The zero-order chi connectivity index (χ0) is 37.5. The Morgan fingerprint density at radius 3 is 2.08 bits per heavy atom. The van der Waals surface area contributed by atoms with Gasteiger partial charge in [-0.1, -0.05) is 134 Å². The lowest BCUT2D eigenvalue weighted by molar-refractivity contribution is 0.909. The van der Waals surface area contributed by atoms with Crippen LogP contribution in [0.3, 0.4) is 0 Å². The zero-order valence-corrected chi connectivity index (χ0v) is 27.7. The van der Waals surface area contributed by atoms with Crippen LogP contribution in [-0.2, 0) is 6.37 Å². The summed E-state index contributed by atoms with van der Waals surface area (Å²) in [4.78, 5) is 4.66. The van der Waals surface area contributed by atoms with Crippen LogP contribution in [0.2, 0.25) is 0 Å². The molecule has 0 radical (unpaired) electrons. The van der Waals surface area contributed by atoms with Gasteiger partial charge < -0.3 is 0 Å². The molecule has 0 amide bonds. The number of rotatable bonds is 5. The molecule has 236 valence electrons. The van der Waals surface area contributed by atoms with Crippen LogP contribution in [0.25, 0.3) is 91.8 Å². The second kappa shape index (κ2) is 11.5. The maximum Gasteiger partial charge on any atom is 0.114 e. The minimum absolute atomic E-state index is 0.159. The summed E-state index contributed by atoms with van der Waals surface area (Å²) in [7, 11) is 0. The normalized spacial score (nSPS) is 13.8. The molecule has 8 aromatic carbocycles. The molecule has 0 aliphatic rings. The summed E-state index contributed by atoms with van der Waals surface area (Å²) < 4.78 is 46.8. The topological polar surface area (TPSA) is 17.8 Å². The summed E-state index contributed by atoms with van der Waals surface area (Å²) in [5.41, 5.74) is 8.14. The van der Waals surface area contributed by atoms with Gasteiger partial charge in [0.25, 0.3) is 0 Å². The van der Waals surface area contributed by atoms with Crippen molar-refractivity contribution in [1.82, 2.24) is 9.55 Å². The predicted octanol–water partition coefficient (Wildman–Crippen LogP) is 13.3. The third-order valence-electron chi connectivity index (χ3n) is 9.89. The van der Waals surface area contributed by atoms with Crippen molar-refractivity contribution < 1.29 is 6.85 Å². The molecule has 0 aliphatic carbocycles. The summed E-state index contributed by atoms with van der Waals surface area (Å²) in [6.07, 6.45) is -2.74. The maximum absolute atomic E-state index is 8.94. The van der Waals surface area contributed by atoms with E-state index in [1.165, 1.54) is 20.2 Å². The molecule has 0 atom stereocenters. The molecule has 2 aromatic heterocycles. The molecule has 10 rings (SSSR count). The van der Waals surface area contributed by atoms with Crippen molar-refractivity contribution in [3.8, 4) is 39.1 Å². The van der Waals surface area contributed by atoms with Gasteiger partial charge in [-0.05, 0) is 85.8 Å². The van der Waals surface area contributed by atoms with E-state index in [0.717, 1.165) is 54.9 Å². The molecule has 3 heteroatoms. The van der Waals surface area contributed by atoms with E-state index in [1.54, 1.807) is 10.6 Å². The molecule has 2 heterocycles. The second-order valence-electron chi connectivity index (χ2n) is 12.6. The highest BCUT2D eigenvalue weighted by atomic mass is 32.1. The number of imidazole rings is 1. The van der Waals surface area contributed by atoms with Crippen LogP contribution in [0.15, 0.2) is 164 Å². The number of fused-ring (bicyclic) bond motifs is 6. The van der Waals surface area contributed by atoms with E-state index in [1.807, 2.05) is 53.8 Å². The lowest BCUT2D eigenvalue weighted by Crippen LogP contribution is -2.03. The number of hydrogen-bond donors (Lipinski definition) is 0. The predicted molar refractivity (Wildman–Crippen MR) is 215 cm³/mol. The van der Waals surface area contributed by atoms with Crippen LogP contribution in [0.1, 0.15) is 19.5 Å². The average molecular weight is 662 g/mol. The Morgan fingerprint density at radius 1 is 0.560 bits per heavy atom. The van der Waals surface area contributed by atoms with Gasteiger partial charge in [-0.15, -0.1) is 11.3 Å². The van der Waals surface area contributed by atoms with E-state index in [9.17, 15) is 0 Å². The van der Waals surface area contributed by atoms with Gasteiger partial charge in [-0.2, -0.15) is 0 Å². The summed E-state index contributed by atoms with van der Waals surface area (Å²) in [6, 6.07) is 56.1. The van der Waals surface area contributed by atoms with Gasteiger partial charge >= 0.3 is 0 Å². The van der Waals surface area contributed by atoms with E-state index in [4.69, 9.17) is 6.85 Å². The van der Waals surface area contributed by atoms with Crippen molar-refractivity contribution in [1.29, 1.82) is 0 Å². The van der Waals surface area contributed by atoms with Crippen molar-refractivity contribution in [3.05, 3.63) is 170 Å². The molecular formula is C47H32N2S. The van der Waals surface area contributed by atoms with Crippen LogP contribution in [0.5, 0.6) is 0 Å². The summed E-state index contributed by atoms with van der Waals surface area (Å²) in [5.74, 6) is -0.159. The van der Waals surface area contributed by atoms with Gasteiger partial charge in [0.15, 0.2) is 0 Å². The Bertz CT molecular complexity index is 3120. The number of aromatic nitrogens is 2. The molecule has 0 unspecified atom stereocenters. The van der Waals surface area contributed by atoms with Crippen LogP contribution in [-0.4, -0.2) is 9.55 Å². The van der Waals surface area contributed by atoms with Gasteiger partial charge in [-0.25, -0.2) is 4.98 Å². The minimum Gasteiger partial charge on any atom is -0.296 e. The van der Waals surface area contributed by atoms with Gasteiger partial charge in [0.05, 0.1) is 16.7 Å². The van der Waals surface area contributed by atoms with E-state index in [0.29, 0.717) is 16.7 Å². The molecule has 0 bridgehead atoms. The lowest BCUT2D eigenvalue weighted by Gasteiger charge is -2.21. The fourth-order valence-electron chi connectivity index (χ4n) is 7.79. The average Bonchev–Trinajstić information content (AvgIpc) is 3.79. The number of para-hydroxylation sites is 3. The lowest BCUT2D eigenvalue weighted by atomic mass is 9.83. The summed E-state index contributed by atoms with van der Waals surface area (Å²) in [5, 5.41) is 6.69. The standard InChI is InChI=1S/C47H32N2S/c1-2-44-48-39-22-10-12-24-41(39)49(44)40-23-11-8-19-35(40)45-32-17-6-7-18-33(32)46(38-29-31(27-28-34(38)45)30-15-4-3-5-16-30)37-21-14-26-43-47(37)36-20-9-13-25-42(36)50-43/h3-29H,2H2,1H3/i1D3,2D2. The maximum atomic E-state index is 8.94. The Morgan fingerprint density at radius 2 is 1.22 bits per heavy atom. The van der Waals surface area contributed by atoms with Crippen LogP contribution in [0.4, 0.5) is 0 Å². The number of benzene rings is 8. The highest BCUT2D eigenvalue weighted by Crippen LogP contribution is 2.49. The largest absolute Gasteiger partial charge is 0.296 e. The number of aryl methyl sites for hydroxylation is 1. The molecule has 0 saturated heterocycles. The van der Waals surface area contributed by atoms with Crippen molar-refractivity contribution in [3.63, 3.8) is 0 Å². The molecule has 50 heavy (non-hydrogen) atoms. The van der Waals surface area contributed by atoms with E-state index in [-0.39, 0.29) is 5.82 Å². The molecule has 0 spiro atoms. The van der Waals surface area contributed by atoms with E-state index in [2.05, 4.69) is 120 Å². The third kappa shape index (κ3) is 4.37. The molecule has 10 aromatic rings. The quantitative estimate of drug-likeness (QED) is 0.168. The van der Waals surface area contributed by atoms with Crippen LogP contribution < -0.4 is 0 Å². The van der Waals surface area contributed by atoms with Crippen molar-refractivity contribution in [2.75, 3.05) is 0 Å². The number of thiophene rings is 1. The first-order valence-corrected chi connectivity index (χ1v) is 17.5. The Kier molecular flexibility index (Phi) is 5.58. The fraction of sp³-hybridized carbons (Fsp3) is 0.0426. The van der Waals surface area contributed by atoms with E-state index >= 15 is 0 Å². The molecular weight excluding hydrogens is 625 g/mol. The van der Waals surface area contributed by atoms with Gasteiger partial charge in [0.1, 0.15) is 5.82 Å². The smallest absolute Gasteiger partial charge is 0.114 e. The van der Waals surface area contributed by atoms with Gasteiger partial charge in [0, 0.05) is 39.0 Å². The highest BCUT2D eigenvalue weighted by Gasteiger charge is 2.23. The molecule has 0 aliphatic heterocycles. The first-order chi connectivity index (χ1) is 26.7. The number of hydrogen-bond acceptors (Lipinski definition) is 2. The van der Waals surface area contributed by atoms with Crippen molar-refractivity contribution in [2.24, 2.45) is 0 Å². The van der Waals surface area contributed by atoms with Gasteiger partial charge in [0.2, 0.25) is 0 Å². The van der Waals surface area contributed by atoms with E-state index < -0.39 is 13.2 Å². The van der Waals surface area contributed by atoms with Crippen LogP contribution >= 0.6 is 11.3 Å². The SMILES string of the molecule is [2H]C([2H])([2H])C([2H])([2H])c1nc2ccccc2n1-c1ccccc1-c1c2ccccc2c(-c2cccc3sc4ccccc4c23)c2cc(-c3ccccc3)ccc12. The highest BCUT2D eigenvalue weighted by molar-refractivity contribution is 7.25. The molecule has 0 N–H and O–H groups in total. The molecule has 2 nitrogen and oxygen atoms in total. The first-order valence-electron chi connectivity index (χ1n) is 19.2. The third-order valence-corrected chi connectivity index (χ3v) is 11.0. The summed E-state index contributed by atoms with van der Waals surface area (Å²) >= 11 is 1.81. The first kappa shape index (κ1) is 24.2. The van der Waals surface area contributed by atoms with Crippen LogP contribution in [0, 0.1) is 0 Å². The Labute approximate surface area is 301 Å². The molecule has 0 saturated carbocycles. The second-order valence-corrected chi connectivity index (χ2v) is 13.7.